The lowest BCUT2D eigenvalue weighted by Crippen LogP contribution is -2.01. The normalized spacial score (nSPS) is 11.0. The third kappa shape index (κ3) is 3.62. The van der Waals surface area contributed by atoms with Gasteiger partial charge in [0.1, 0.15) is 12.0 Å². The van der Waals surface area contributed by atoms with Crippen LogP contribution in [0.3, 0.4) is 0 Å². The number of ether oxygens (including phenoxy) is 1. The smallest absolute Gasteiger partial charge is 0.226 e. The van der Waals surface area contributed by atoms with E-state index in [1.165, 1.54) is 6.33 Å². The highest BCUT2D eigenvalue weighted by atomic mass is 19.1. The summed E-state index contributed by atoms with van der Waals surface area (Å²) in [5.74, 6) is 0.0286. The molecule has 0 saturated carbocycles. The number of halogens is 1. The number of hydrogen-bond donors (Lipinski definition) is 1. The molecule has 1 N–H and O–H groups in total. The predicted octanol–water partition coefficient (Wildman–Crippen LogP) is 3.47. The first kappa shape index (κ1) is 17.1. The minimum Gasteiger partial charge on any atom is -0.477 e. The number of fused-ring (bicyclic) bond motifs is 1. The third-order valence-corrected chi connectivity index (χ3v) is 4.27. The Labute approximate surface area is 155 Å². The minimum atomic E-state index is -0.472. The van der Waals surface area contributed by atoms with Gasteiger partial charge in [-0.2, -0.15) is 4.39 Å². The maximum absolute atomic E-state index is 14.6. The molecule has 0 aliphatic heterocycles. The van der Waals surface area contributed by atoms with Crippen molar-refractivity contribution in [2.75, 3.05) is 6.61 Å². The molecule has 136 valence electrons. The zero-order valence-electron chi connectivity index (χ0n) is 14.8. The van der Waals surface area contributed by atoms with Crippen LogP contribution in [0.25, 0.3) is 11.0 Å². The average molecular weight is 363 g/mol. The van der Waals surface area contributed by atoms with Gasteiger partial charge in [-0.3, -0.25) is 4.98 Å². The lowest BCUT2D eigenvalue weighted by atomic mass is 10.1. The second-order valence-corrected chi connectivity index (χ2v) is 6.12. The van der Waals surface area contributed by atoms with E-state index in [4.69, 9.17) is 4.74 Å². The lowest BCUT2D eigenvalue weighted by Gasteiger charge is -2.07. The van der Waals surface area contributed by atoms with Crippen molar-refractivity contribution >= 4 is 11.0 Å². The summed E-state index contributed by atoms with van der Waals surface area (Å²) in [5, 5.41) is 0.776. The van der Waals surface area contributed by atoms with Crippen molar-refractivity contribution < 1.29 is 9.13 Å². The summed E-state index contributed by atoms with van der Waals surface area (Å²) in [6.07, 6.45) is 7.64. The molecular formula is C20H18FN5O. The van der Waals surface area contributed by atoms with Gasteiger partial charge in [-0.15, -0.1) is 0 Å². The molecule has 4 heterocycles. The van der Waals surface area contributed by atoms with Gasteiger partial charge in [0.25, 0.3) is 0 Å². The van der Waals surface area contributed by atoms with E-state index in [-0.39, 0.29) is 0 Å². The van der Waals surface area contributed by atoms with E-state index in [0.29, 0.717) is 42.2 Å². The van der Waals surface area contributed by atoms with Gasteiger partial charge >= 0.3 is 0 Å². The van der Waals surface area contributed by atoms with Gasteiger partial charge in [-0.1, -0.05) is 12.1 Å². The van der Waals surface area contributed by atoms with Crippen LogP contribution in [0.1, 0.15) is 29.3 Å². The summed E-state index contributed by atoms with van der Waals surface area (Å²) in [5.41, 5.74) is 3.71. The Hall–Kier alpha value is -3.35. The number of nitrogens with zero attached hydrogens (tertiary/aromatic N) is 4. The topological polar surface area (TPSA) is 76.6 Å². The minimum absolute atomic E-state index is 0.374. The molecule has 0 aliphatic carbocycles. The molecule has 0 aromatic carbocycles. The van der Waals surface area contributed by atoms with E-state index in [1.807, 2.05) is 31.3 Å². The molecule has 0 radical (unpaired) electrons. The number of H-pyrrole nitrogens is 1. The summed E-state index contributed by atoms with van der Waals surface area (Å²) in [6, 6.07) is 7.42. The first-order valence-corrected chi connectivity index (χ1v) is 8.71. The first-order chi connectivity index (χ1) is 13.2. The second kappa shape index (κ2) is 7.49. The Morgan fingerprint density at radius 1 is 1.11 bits per heavy atom. The van der Waals surface area contributed by atoms with Crippen molar-refractivity contribution in [1.29, 1.82) is 0 Å². The zero-order chi connectivity index (χ0) is 18.6. The number of hydrogen-bond acceptors (Lipinski definition) is 5. The van der Waals surface area contributed by atoms with E-state index in [2.05, 4.69) is 24.9 Å². The van der Waals surface area contributed by atoms with E-state index >= 15 is 0 Å². The van der Waals surface area contributed by atoms with Gasteiger partial charge in [0, 0.05) is 42.7 Å². The fourth-order valence-corrected chi connectivity index (χ4v) is 3.03. The lowest BCUT2D eigenvalue weighted by molar-refractivity contribution is 0.330. The molecule has 0 amide bonds. The van der Waals surface area contributed by atoms with E-state index in [1.54, 1.807) is 18.5 Å². The molecule has 0 fully saturated rings. The molecule has 0 unspecified atom stereocenters. The number of pyridine rings is 2. The van der Waals surface area contributed by atoms with Crippen molar-refractivity contribution in [3.8, 4) is 5.88 Å². The van der Waals surface area contributed by atoms with Crippen molar-refractivity contribution in [2.24, 2.45) is 0 Å². The summed E-state index contributed by atoms with van der Waals surface area (Å²) < 4.78 is 20.2. The first-order valence-electron chi connectivity index (χ1n) is 8.71. The molecule has 0 spiro atoms. The number of aromatic amines is 1. The molecule has 4 aromatic heterocycles. The highest BCUT2D eigenvalue weighted by Gasteiger charge is 2.15. The van der Waals surface area contributed by atoms with Crippen LogP contribution in [0.5, 0.6) is 5.88 Å². The maximum atomic E-state index is 14.6. The van der Waals surface area contributed by atoms with Crippen molar-refractivity contribution in [2.45, 2.75) is 19.8 Å². The maximum Gasteiger partial charge on any atom is 0.226 e. The van der Waals surface area contributed by atoms with Gasteiger partial charge < -0.3 is 9.72 Å². The van der Waals surface area contributed by atoms with Crippen LogP contribution < -0.4 is 4.74 Å². The fourth-order valence-electron chi connectivity index (χ4n) is 3.03. The van der Waals surface area contributed by atoms with Crippen molar-refractivity contribution in [3.05, 3.63) is 77.5 Å². The molecule has 0 bridgehead atoms. The molecule has 0 atom stereocenters. The zero-order valence-corrected chi connectivity index (χ0v) is 14.8. The van der Waals surface area contributed by atoms with Crippen LogP contribution >= 0.6 is 0 Å². The molecular weight excluding hydrogens is 345 g/mol. The molecule has 0 aliphatic rings. The fraction of sp³-hybridized carbons (Fsp3) is 0.200. The molecule has 0 saturated heterocycles. The van der Waals surface area contributed by atoms with Crippen LogP contribution in [0.15, 0.2) is 49.2 Å². The van der Waals surface area contributed by atoms with Crippen LogP contribution in [-0.4, -0.2) is 31.5 Å². The largest absolute Gasteiger partial charge is 0.477 e. The van der Waals surface area contributed by atoms with Crippen LogP contribution in [0, 0.1) is 5.95 Å². The quantitative estimate of drug-likeness (QED) is 0.531. The highest BCUT2D eigenvalue weighted by molar-refractivity contribution is 5.85. The van der Waals surface area contributed by atoms with Crippen LogP contribution in [0.4, 0.5) is 4.39 Å². The second-order valence-electron chi connectivity index (χ2n) is 6.12. The van der Waals surface area contributed by atoms with Gasteiger partial charge in [-0.25, -0.2) is 15.0 Å². The summed E-state index contributed by atoms with van der Waals surface area (Å²) >= 11 is 0. The van der Waals surface area contributed by atoms with Crippen molar-refractivity contribution in [1.82, 2.24) is 24.9 Å². The molecule has 27 heavy (non-hydrogen) atoms. The van der Waals surface area contributed by atoms with Gasteiger partial charge in [0.15, 0.2) is 0 Å². The van der Waals surface area contributed by atoms with Gasteiger partial charge in [0.2, 0.25) is 11.8 Å². The van der Waals surface area contributed by atoms with E-state index < -0.39 is 5.95 Å². The Morgan fingerprint density at radius 3 is 2.81 bits per heavy atom. The third-order valence-electron chi connectivity index (χ3n) is 4.27. The Morgan fingerprint density at radius 2 is 2.04 bits per heavy atom. The van der Waals surface area contributed by atoms with E-state index in [0.717, 1.165) is 16.5 Å². The van der Waals surface area contributed by atoms with Crippen LogP contribution in [-0.2, 0) is 12.8 Å². The summed E-state index contributed by atoms with van der Waals surface area (Å²) in [4.78, 5) is 19.7. The average Bonchev–Trinajstić information content (AvgIpc) is 3.09. The Balaban J connectivity index is 1.61. The SMILES string of the molecule is CCOc1ncnc2[nH]cc(Cc3ccc(Cc4cccnc4)nc3F)c12. The standard InChI is InChI=1S/C20H18FN5O/c1-2-27-20-17-15(11-23-19(17)24-12-25-20)9-14-5-6-16(26-18(14)21)8-13-4-3-7-22-10-13/h3-7,10-12H,2,8-9H2,1H3,(H,23,24,25). The highest BCUT2D eigenvalue weighted by Crippen LogP contribution is 2.27. The molecule has 6 nitrogen and oxygen atoms in total. The molecule has 7 heteroatoms. The van der Waals surface area contributed by atoms with Gasteiger partial charge in [-0.05, 0) is 30.2 Å². The van der Waals surface area contributed by atoms with Crippen molar-refractivity contribution in [3.63, 3.8) is 0 Å². The number of nitrogens with one attached hydrogen (secondary N) is 1. The number of aromatic nitrogens is 5. The molecule has 4 rings (SSSR count). The van der Waals surface area contributed by atoms with Gasteiger partial charge in [0.05, 0.1) is 12.0 Å². The summed E-state index contributed by atoms with van der Waals surface area (Å²) in [6.45, 7) is 2.39. The predicted molar refractivity (Wildman–Crippen MR) is 99.1 cm³/mol. The van der Waals surface area contributed by atoms with Crippen LogP contribution in [0.2, 0.25) is 0 Å². The monoisotopic (exact) mass is 363 g/mol. The van der Waals surface area contributed by atoms with E-state index in [9.17, 15) is 4.39 Å². The Bertz CT molecular complexity index is 1060. The molecule has 4 aromatic rings. The summed E-state index contributed by atoms with van der Waals surface area (Å²) in [7, 11) is 0. The Kier molecular flexibility index (Phi) is 4.74. The number of rotatable bonds is 6.